The van der Waals surface area contributed by atoms with Crippen molar-refractivity contribution in [1.29, 1.82) is 0 Å². The van der Waals surface area contributed by atoms with Gasteiger partial charge in [-0.15, -0.1) is 0 Å². The standard InChI is InChI=1S/C22H22FN3S/c23-19-8-10-20(11-9-19)24-22(27)26-14-12-25(13-15-26)16-18-6-3-5-17-4-1-2-7-21(17)18/h1-11H,12-16H2,(H,24,27). The zero-order valence-electron chi connectivity index (χ0n) is 15.1. The Morgan fingerprint density at radius 1 is 0.889 bits per heavy atom. The smallest absolute Gasteiger partial charge is 0.173 e. The van der Waals surface area contributed by atoms with Gasteiger partial charge in [-0.1, -0.05) is 42.5 Å². The van der Waals surface area contributed by atoms with E-state index in [1.807, 2.05) is 0 Å². The molecule has 0 aromatic heterocycles. The summed E-state index contributed by atoms with van der Waals surface area (Å²) in [6, 6.07) is 21.3. The summed E-state index contributed by atoms with van der Waals surface area (Å²) in [5.41, 5.74) is 2.19. The molecule has 3 nitrogen and oxygen atoms in total. The molecule has 0 spiro atoms. The van der Waals surface area contributed by atoms with Gasteiger partial charge in [0, 0.05) is 38.4 Å². The zero-order chi connectivity index (χ0) is 18.6. The molecule has 138 valence electrons. The number of nitrogens with one attached hydrogen (secondary N) is 1. The van der Waals surface area contributed by atoms with E-state index in [9.17, 15) is 4.39 Å². The van der Waals surface area contributed by atoms with Crippen LogP contribution in [0.1, 0.15) is 5.56 Å². The first-order chi connectivity index (χ1) is 13.2. The molecule has 5 heteroatoms. The molecule has 0 aliphatic carbocycles. The van der Waals surface area contributed by atoms with Gasteiger partial charge in [0.25, 0.3) is 0 Å². The predicted octanol–water partition coefficient (Wildman–Crippen LogP) is 4.49. The number of benzene rings is 3. The molecular formula is C22H22FN3S. The molecule has 1 fully saturated rings. The van der Waals surface area contributed by atoms with Crippen molar-refractivity contribution >= 4 is 33.8 Å². The van der Waals surface area contributed by atoms with Gasteiger partial charge in [0.15, 0.2) is 5.11 Å². The number of nitrogens with zero attached hydrogens (tertiary/aromatic N) is 2. The van der Waals surface area contributed by atoms with Crippen molar-refractivity contribution in [2.75, 3.05) is 31.5 Å². The molecule has 0 amide bonds. The fourth-order valence-corrected chi connectivity index (χ4v) is 3.82. The summed E-state index contributed by atoms with van der Waals surface area (Å²) in [5, 5.41) is 6.52. The van der Waals surface area contributed by atoms with Gasteiger partial charge in [-0.25, -0.2) is 4.39 Å². The van der Waals surface area contributed by atoms with Crippen LogP contribution in [-0.2, 0) is 6.54 Å². The third kappa shape index (κ3) is 4.26. The molecule has 27 heavy (non-hydrogen) atoms. The Bertz CT molecular complexity index is 928. The second kappa shape index (κ2) is 8.03. The highest BCUT2D eigenvalue weighted by Crippen LogP contribution is 2.20. The van der Waals surface area contributed by atoms with Gasteiger partial charge in [0.2, 0.25) is 0 Å². The molecule has 1 aliphatic rings. The van der Waals surface area contributed by atoms with E-state index in [1.54, 1.807) is 12.1 Å². The zero-order valence-corrected chi connectivity index (χ0v) is 15.9. The molecule has 1 saturated heterocycles. The molecule has 0 saturated carbocycles. The Kier molecular flexibility index (Phi) is 5.32. The summed E-state index contributed by atoms with van der Waals surface area (Å²) in [7, 11) is 0. The quantitative estimate of drug-likeness (QED) is 0.676. The number of rotatable bonds is 3. The monoisotopic (exact) mass is 379 g/mol. The maximum atomic E-state index is 13.0. The van der Waals surface area contributed by atoms with Gasteiger partial charge in [0.05, 0.1) is 0 Å². The lowest BCUT2D eigenvalue weighted by Crippen LogP contribution is -2.49. The summed E-state index contributed by atoms with van der Waals surface area (Å²) in [6.45, 7) is 4.66. The van der Waals surface area contributed by atoms with E-state index in [1.165, 1.54) is 28.5 Å². The number of hydrogen-bond donors (Lipinski definition) is 1. The molecule has 0 bridgehead atoms. The van der Waals surface area contributed by atoms with E-state index in [2.05, 4.69) is 57.6 Å². The van der Waals surface area contributed by atoms with Gasteiger partial charge >= 0.3 is 0 Å². The van der Waals surface area contributed by atoms with Crippen LogP contribution in [0.25, 0.3) is 10.8 Å². The van der Waals surface area contributed by atoms with Crippen LogP contribution in [0.15, 0.2) is 66.7 Å². The third-order valence-electron chi connectivity index (χ3n) is 5.03. The van der Waals surface area contributed by atoms with Crippen molar-refractivity contribution in [3.8, 4) is 0 Å². The van der Waals surface area contributed by atoms with E-state index < -0.39 is 0 Å². The first-order valence-corrected chi connectivity index (χ1v) is 9.60. The van der Waals surface area contributed by atoms with E-state index in [0.717, 1.165) is 38.4 Å². The molecular weight excluding hydrogens is 357 g/mol. The normalized spacial score (nSPS) is 15.1. The van der Waals surface area contributed by atoms with Gasteiger partial charge in [-0.3, -0.25) is 4.90 Å². The SMILES string of the molecule is Fc1ccc(NC(=S)N2CCN(Cc3cccc4ccccc34)CC2)cc1. The second-order valence-electron chi connectivity index (χ2n) is 6.84. The average molecular weight is 380 g/mol. The summed E-state index contributed by atoms with van der Waals surface area (Å²) >= 11 is 5.52. The molecule has 3 aromatic rings. The number of halogens is 1. The molecule has 1 heterocycles. The van der Waals surface area contributed by atoms with Gasteiger partial charge in [-0.2, -0.15) is 0 Å². The molecule has 4 rings (SSSR count). The molecule has 0 radical (unpaired) electrons. The minimum atomic E-state index is -0.242. The first kappa shape index (κ1) is 17.9. The van der Waals surface area contributed by atoms with Crippen molar-refractivity contribution < 1.29 is 4.39 Å². The second-order valence-corrected chi connectivity index (χ2v) is 7.23. The van der Waals surface area contributed by atoms with Crippen molar-refractivity contribution in [1.82, 2.24) is 9.80 Å². The van der Waals surface area contributed by atoms with Crippen molar-refractivity contribution in [3.05, 3.63) is 78.1 Å². The summed E-state index contributed by atoms with van der Waals surface area (Å²) in [6.07, 6.45) is 0. The summed E-state index contributed by atoms with van der Waals surface area (Å²) in [5.74, 6) is -0.242. The van der Waals surface area contributed by atoms with E-state index in [-0.39, 0.29) is 5.82 Å². The largest absolute Gasteiger partial charge is 0.346 e. The van der Waals surface area contributed by atoms with E-state index >= 15 is 0 Å². The predicted molar refractivity (Wildman–Crippen MR) is 113 cm³/mol. The van der Waals surface area contributed by atoms with Crippen LogP contribution in [0.5, 0.6) is 0 Å². The average Bonchev–Trinajstić information content (AvgIpc) is 2.70. The Balaban J connectivity index is 1.34. The van der Waals surface area contributed by atoms with Crippen molar-refractivity contribution in [2.45, 2.75) is 6.54 Å². The lowest BCUT2D eigenvalue weighted by Gasteiger charge is -2.36. The van der Waals surface area contributed by atoms with Crippen LogP contribution in [0, 0.1) is 5.82 Å². The summed E-state index contributed by atoms with van der Waals surface area (Å²) < 4.78 is 13.0. The number of piperazine rings is 1. The Morgan fingerprint density at radius 3 is 2.37 bits per heavy atom. The Labute approximate surface area is 164 Å². The van der Waals surface area contributed by atoms with Gasteiger partial charge < -0.3 is 10.2 Å². The van der Waals surface area contributed by atoms with Gasteiger partial charge in [-0.05, 0) is 52.8 Å². The van der Waals surface area contributed by atoms with E-state index in [4.69, 9.17) is 12.2 Å². The first-order valence-electron chi connectivity index (χ1n) is 9.19. The highest BCUT2D eigenvalue weighted by atomic mass is 32.1. The fraction of sp³-hybridized carbons (Fsp3) is 0.227. The van der Waals surface area contributed by atoms with Crippen LogP contribution in [0.4, 0.5) is 10.1 Å². The summed E-state index contributed by atoms with van der Waals surface area (Å²) in [4.78, 5) is 4.65. The Morgan fingerprint density at radius 2 is 1.59 bits per heavy atom. The molecule has 1 aliphatic heterocycles. The van der Waals surface area contributed by atoms with Crippen LogP contribution < -0.4 is 5.32 Å². The highest BCUT2D eigenvalue weighted by Gasteiger charge is 2.19. The number of anilines is 1. The molecule has 1 N–H and O–H groups in total. The fourth-order valence-electron chi connectivity index (χ4n) is 3.52. The number of fused-ring (bicyclic) bond motifs is 1. The van der Waals surface area contributed by atoms with Crippen LogP contribution in [0.3, 0.4) is 0 Å². The highest BCUT2D eigenvalue weighted by molar-refractivity contribution is 7.80. The maximum Gasteiger partial charge on any atom is 0.173 e. The minimum absolute atomic E-state index is 0.242. The molecule has 0 unspecified atom stereocenters. The third-order valence-corrected chi connectivity index (χ3v) is 5.39. The maximum absolute atomic E-state index is 13.0. The Hall–Kier alpha value is -2.50. The number of hydrogen-bond acceptors (Lipinski definition) is 2. The van der Waals surface area contributed by atoms with E-state index in [0.29, 0.717) is 5.11 Å². The van der Waals surface area contributed by atoms with Crippen LogP contribution in [-0.4, -0.2) is 41.1 Å². The topological polar surface area (TPSA) is 18.5 Å². The number of thiocarbonyl (C=S) groups is 1. The van der Waals surface area contributed by atoms with Crippen molar-refractivity contribution in [3.63, 3.8) is 0 Å². The molecule has 0 atom stereocenters. The van der Waals surface area contributed by atoms with Crippen LogP contribution in [0.2, 0.25) is 0 Å². The van der Waals surface area contributed by atoms with Crippen molar-refractivity contribution in [2.24, 2.45) is 0 Å². The van der Waals surface area contributed by atoms with Crippen LogP contribution >= 0.6 is 12.2 Å². The minimum Gasteiger partial charge on any atom is -0.346 e. The lowest BCUT2D eigenvalue weighted by atomic mass is 10.0. The van der Waals surface area contributed by atoms with Gasteiger partial charge in [0.1, 0.15) is 5.82 Å². The molecule has 3 aromatic carbocycles. The lowest BCUT2D eigenvalue weighted by molar-refractivity contribution is 0.177.